The number of aryl methyl sites for hydroxylation is 2. The standard InChI is InChI=1S/C31H39N3O5S/c1-7-28(31(36)32-22(2)3)33(20-25-12-10-13-26(19-25)39-6)30(35)21-34(29-14-9-8-11-24(29)5)40(37,38)27-17-15-23(4)16-18-27/h8-19,22,28H,7,20-21H2,1-6H3,(H,32,36)/t28-/m1/s1. The Labute approximate surface area is 238 Å². The van der Waals surface area contributed by atoms with Crippen molar-refractivity contribution in [3.8, 4) is 5.75 Å². The van der Waals surface area contributed by atoms with Crippen molar-refractivity contribution >= 4 is 27.5 Å². The molecule has 40 heavy (non-hydrogen) atoms. The van der Waals surface area contributed by atoms with Crippen LogP contribution in [0.3, 0.4) is 0 Å². The van der Waals surface area contributed by atoms with Gasteiger partial charge in [-0.1, -0.05) is 55.0 Å². The summed E-state index contributed by atoms with van der Waals surface area (Å²) in [6.07, 6.45) is 0.351. The maximum absolute atomic E-state index is 14.1. The summed E-state index contributed by atoms with van der Waals surface area (Å²) in [7, 11) is -2.55. The molecule has 0 unspecified atom stereocenters. The zero-order valence-corrected chi connectivity index (χ0v) is 24.9. The summed E-state index contributed by atoms with van der Waals surface area (Å²) in [5, 5.41) is 2.90. The second-order valence-electron chi connectivity index (χ2n) is 10.1. The summed E-state index contributed by atoms with van der Waals surface area (Å²) in [6, 6.07) is 19.9. The monoisotopic (exact) mass is 565 g/mol. The van der Waals surface area contributed by atoms with E-state index in [2.05, 4.69) is 5.32 Å². The van der Waals surface area contributed by atoms with E-state index in [4.69, 9.17) is 4.74 Å². The van der Waals surface area contributed by atoms with Crippen molar-refractivity contribution < 1.29 is 22.7 Å². The van der Waals surface area contributed by atoms with Gasteiger partial charge in [0.15, 0.2) is 0 Å². The van der Waals surface area contributed by atoms with Crippen LogP contribution in [0.1, 0.15) is 43.9 Å². The molecule has 0 aliphatic heterocycles. The highest BCUT2D eigenvalue weighted by Crippen LogP contribution is 2.28. The minimum Gasteiger partial charge on any atom is -0.497 e. The Kier molecular flexibility index (Phi) is 10.3. The molecule has 0 aliphatic carbocycles. The number of para-hydroxylation sites is 1. The second kappa shape index (κ2) is 13.5. The van der Waals surface area contributed by atoms with E-state index in [1.54, 1.807) is 68.6 Å². The molecule has 0 fully saturated rings. The van der Waals surface area contributed by atoms with Crippen LogP contribution in [0.15, 0.2) is 77.7 Å². The molecule has 0 bridgehead atoms. The van der Waals surface area contributed by atoms with E-state index in [9.17, 15) is 18.0 Å². The lowest BCUT2D eigenvalue weighted by Crippen LogP contribution is -2.53. The maximum atomic E-state index is 14.1. The highest BCUT2D eigenvalue weighted by atomic mass is 32.2. The van der Waals surface area contributed by atoms with Crippen molar-refractivity contribution in [3.05, 3.63) is 89.5 Å². The molecule has 1 atom stereocenters. The van der Waals surface area contributed by atoms with Crippen molar-refractivity contribution in [2.24, 2.45) is 0 Å². The Morgan fingerprint density at radius 1 is 0.950 bits per heavy atom. The Balaban J connectivity index is 2.08. The third-order valence-electron chi connectivity index (χ3n) is 6.58. The quantitative estimate of drug-likeness (QED) is 0.339. The number of carbonyl (C=O) groups excluding carboxylic acids is 2. The van der Waals surface area contributed by atoms with Gasteiger partial charge in [-0.3, -0.25) is 13.9 Å². The molecule has 0 spiro atoms. The van der Waals surface area contributed by atoms with E-state index >= 15 is 0 Å². The molecule has 0 radical (unpaired) electrons. The van der Waals surface area contributed by atoms with Gasteiger partial charge in [-0.2, -0.15) is 0 Å². The number of benzene rings is 3. The Hall–Kier alpha value is -3.85. The van der Waals surface area contributed by atoms with Gasteiger partial charge in [0.1, 0.15) is 18.3 Å². The van der Waals surface area contributed by atoms with E-state index in [0.717, 1.165) is 15.4 Å². The van der Waals surface area contributed by atoms with Gasteiger partial charge in [-0.25, -0.2) is 8.42 Å². The largest absolute Gasteiger partial charge is 0.497 e. The Bertz CT molecular complexity index is 1420. The lowest BCUT2D eigenvalue weighted by Gasteiger charge is -2.34. The number of sulfonamides is 1. The minimum absolute atomic E-state index is 0.0816. The average Bonchev–Trinajstić information content (AvgIpc) is 2.92. The summed E-state index contributed by atoms with van der Waals surface area (Å²) in [5.41, 5.74) is 2.78. The third kappa shape index (κ3) is 7.41. The van der Waals surface area contributed by atoms with Crippen molar-refractivity contribution in [1.29, 1.82) is 0 Å². The molecule has 9 heteroatoms. The summed E-state index contributed by atoms with van der Waals surface area (Å²) < 4.78 is 34.4. The van der Waals surface area contributed by atoms with Crippen LogP contribution in [0, 0.1) is 13.8 Å². The Morgan fingerprint density at radius 3 is 2.23 bits per heavy atom. The highest BCUT2D eigenvalue weighted by molar-refractivity contribution is 7.92. The van der Waals surface area contributed by atoms with Gasteiger partial charge < -0.3 is 15.0 Å². The zero-order chi connectivity index (χ0) is 29.4. The van der Waals surface area contributed by atoms with Crippen LogP contribution in [0.2, 0.25) is 0 Å². The number of nitrogens with zero attached hydrogens (tertiary/aromatic N) is 2. The Morgan fingerprint density at radius 2 is 1.62 bits per heavy atom. The molecule has 0 aliphatic rings. The van der Waals surface area contributed by atoms with Crippen molar-refractivity contribution in [2.75, 3.05) is 18.0 Å². The SMILES string of the molecule is CC[C@H](C(=O)NC(C)C)N(Cc1cccc(OC)c1)C(=O)CN(c1ccccc1C)S(=O)(=O)c1ccc(C)cc1. The first-order chi connectivity index (χ1) is 19.0. The zero-order valence-electron chi connectivity index (χ0n) is 24.0. The van der Waals surface area contributed by atoms with E-state index < -0.39 is 28.5 Å². The maximum Gasteiger partial charge on any atom is 0.264 e. The summed E-state index contributed by atoms with van der Waals surface area (Å²) in [5.74, 6) is -0.168. The van der Waals surface area contributed by atoms with Crippen LogP contribution in [-0.4, -0.2) is 50.9 Å². The fourth-order valence-electron chi connectivity index (χ4n) is 4.46. The molecule has 3 aromatic rings. The van der Waals surface area contributed by atoms with Crippen LogP contribution in [0.4, 0.5) is 5.69 Å². The van der Waals surface area contributed by atoms with Crippen LogP contribution < -0.4 is 14.4 Å². The van der Waals surface area contributed by atoms with Crippen LogP contribution in [0.25, 0.3) is 0 Å². The molecule has 3 aromatic carbocycles. The topological polar surface area (TPSA) is 96.0 Å². The van der Waals surface area contributed by atoms with Crippen molar-refractivity contribution in [1.82, 2.24) is 10.2 Å². The molecular formula is C31H39N3O5S. The summed E-state index contributed by atoms with van der Waals surface area (Å²) in [4.78, 5) is 28.9. The van der Waals surface area contributed by atoms with Gasteiger partial charge in [0, 0.05) is 12.6 Å². The number of hydrogen-bond donors (Lipinski definition) is 1. The predicted octanol–water partition coefficient (Wildman–Crippen LogP) is 4.84. The van der Waals surface area contributed by atoms with Gasteiger partial charge in [0.2, 0.25) is 11.8 Å². The fourth-order valence-corrected chi connectivity index (χ4v) is 5.94. The molecular weight excluding hydrogens is 526 g/mol. The van der Waals surface area contributed by atoms with Gasteiger partial charge in [-0.15, -0.1) is 0 Å². The first-order valence-corrected chi connectivity index (χ1v) is 14.8. The van der Waals surface area contributed by atoms with Gasteiger partial charge >= 0.3 is 0 Å². The first-order valence-electron chi connectivity index (χ1n) is 13.4. The number of methoxy groups -OCH3 is 1. The van der Waals surface area contributed by atoms with E-state index in [0.29, 0.717) is 23.4 Å². The smallest absolute Gasteiger partial charge is 0.264 e. The minimum atomic E-state index is -4.11. The molecule has 0 saturated carbocycles. The van der Waals surface area contributed by atoms with Crippen molar-refractivity contribution in [3.63, 3.8) is 0 Å². The average molecular weight is 566 g/mol. The molecule has 0 saturated heterocycles. The fraction of sp³-hybridized carbons (Fsp3) is 0.355. The third-order valence-corrected chi connectivity index (χ3v) is 8.35. The molecule has 1 N–H and O–H groups in total. The van der Waals surface area contributed by atoms with Gasteiger partial charge in [0.05, 0.1) is 17.7 Å². The molecule has 3 rings (SSSR count). The molecule has 2 amide bonds. The number of anilines is 1. The van der Waals surface area contributed by atoms with E-state index in [-0.39, 0.29) is 23.4 Å². The number of nitrogens with one attached hydrogen (secondary N) is 1. The van der Waals surface area contributed by atoms with Crippen LogP contribution in [0.5, 0.6) is 5.75 Å². The summed E-state index contributed by atoms with van der Waals surface area (Å²) >= 11 is 0. The number of hydrogen-bond acceptors (Lipinski definition) is 5. The van der Waals surface area contributed by atoms with Crippen molar-refractivity contribution in [2.45, 2.75) is 64.6 Å². The molecule has 214 valence electrons. The lowest BCUT2D eigenvalue weighted by atomic mass is 10.1. The normalized spacial score (nSPS) is 12.1. The van der Waals surface area contributed by atoms with E-state index in [1.165, 1.54) is 4.90 Å². The summed E-state index contributed by atoms with van der Waals surface area (Å²) in [6.45, 7) is 8.85. The number of carbonyl (C=O) groups is 2. The molecule has 0 aromatic heterocycles. The van der Waals surface area contributed by atoms with Gasteiger partial charge in [-0.05, 0) is 75.6 Å². The lowest BCUT2D eigenvalue weighted by molar-refractivity contribution is -0.140. The van der Waals surface area contributed by atoms with Gasteiger partial charge in [0.25, 0.3) is 10.0 Å². The number of rotatable bonds is 12. The number of ether oxygens (including phenoxy) is 1. The first kappa shape index (κ1) is 30.7. The molecule has 8 nitrogen and oxygen atoms in total. The van der Waals surface area contributed by atoms with Crippen LogP contribution in [-0.2, 0) is 26.2 Å². The van der Waals surface area contributed by atoms with Crippen LogP contribution >= 0.6 is 0 Å². The van der Waals surface area contributed by atoms with E-state index in [1.807, 2.05) is 45.9 Å². The second-order valence-corrected chi connectivity index (χ2v) is 11.9. The molecule has 0 heterocycles. The predicted molar refractivity (Wildman–Crippen MR) is 158 cm³/mol. The highest BCUT2D eigenvalue weighted by Gasteiger charge is 2.34. The number of amides is 2.